The van der Waals surface area contributed by atoms with Gasteiger partial charge in [0.2, 0.25) is 5.91 Å². The predicted molar refractivity (Wildman–Crippen MR) is 109 cm³/mol. The highest BCUT2D eigenvalue weighted by molar-refractivity contribution is 8.15. The molecule has 1 heterocycles. The highest BCUT2D eigenvalue weighted by atomic mass is 32.2. The highest BCUT2D eigenvalue weighted by Crippen LogP contribution is 2.22. The number of hydrogen-bond acceptors (Lipinski definition) is 6. The Labute approximate surface area is 166 Å². The Bertz CT molecular complexity index is 925. The molecular formula is C20H19N3O4S. The number of carboxylic acid groups (broad SMARTS) is 1. The fourth-order valence-corrected chi connectivity index (χ4v) is 3.43. The van der Waals surface area contributed by atoms with Crippen LogP contribution in [0.25, 0.3) is 0 Å². The zero-order valence-corrected chi connectivity index (χ0v) is 16.0. The minimum absolute atomic E-state index is 0.247. The normalized spacial score (nSPS) is 17.8. The minimum Gasteiger partial charge on any atom is -0.489 e. The van der Waals surface area contributed by atoms with Crippen LogP contribution in [0.5, 0.6) is 5.75 Å². The number of carbonyl (C=O) groups excluding carboxylic acids is 1. The molecule has 8 heteroatoms. The molecule has 0 aromatic heterocycles. The fourth-order valence-electron chi connectivity index (χ4n) is 2.51. The molecule has 0 saturated carbocycles. The predicted octanol–water partition coefficient (Wildman–Crippen LogP) is 2.97. The third kappa shape index (κ3) is 5.68. The molecule has 7 nitrogen and oxygen atoms in total. The molecule has 2 aromatic rings. The number of nitrogens with one attached hydrogen (secondary N) is 1. The summed E-state index contributed by atoms with van der Waals surface area (Å²) in [5.74, 6) is -0.640. The summed E-state index contributed by atoms with van der Waals surface area (Å²) in [6.07, 6.45) is 1.30. The Morgan fingerprint density at radius 3 is 2.79 bits per heavy atom. The van der Waals surface area contributed by atoms with E-state index >= 15 is 0 Å². The summed E-state index contributed by atoms with van der Waals surface area (Å²) in [7, 11) is 0. The molecule has 0 aliphatic carbocycles. The van der Waals surface area contributed by atoms with Crippen LogP contribution < -0.4 is 10.1 Å². The van der Waals surface area contributed by atoms with E-state index in [0.717, 1.165) is 28.6 Å². The summed E-state index contributed by atoms with van der Waals surface area (Å²) in [5.41, 5.74) is 3.13. The van der Waals surface area contributed by atoms with Gasteiger partial charge in [-0.05, 0) is 42.3 Å². The van der Waals surface area contributed by atoms with Crippen LogP contribution in [0.15, 0.2) is 58.7 Å². The molecule has 1 amide bonds. The van der Waals surface area contributed by atoms with Crippen molar-refractivity contribution in [3.05, 3.63) is 65.2 Å². The number of aryl methyl sites for hydroxylation is 1. The second-order valence-electron chi connectivity index (χ2n) is 6.19. The van der Waals surface area contributed by atoms with Crippen LogP contribution in [-0.2, 0) is 16.2 Å². The summed E-state index contributed by atoms with van der Waals surface area (Å²) in [6.45, 7) is 2.54. The van der Waals surface area contributed by atoms with Gasteiger partial charge in [0.15, 0.2) is 5.17 Å². The third-order valence-corrected chi connectivity index (χ3v) is 4.93. The van der Waals surface area contributed by atoms with Crippen LogP contribution in [0, 0.1) is 6.92 Å². The maximum absolute atomic E-state index is 11.6. The Morgan fingerprint density at radius 2 is 2.07 bits per heavy atom. The Balaban J connectivity index is 1.52. The van der Waals surface area contributed by atoms with Crippen molar-refractivity contribution < 1.29 is 19.4 Å². The van der Waals surface area contributed by atoms with E-state index in [9.17, 15) is 9.59 Å². The quantitative estimate of drug-likeness (QED) is 0.553. The molecular weight excluding hydrogens is 378 g/mol. The first-order valence-electron chi connectivity index (χ1n) is 8.58. The van der Waals surface area contributed by atoms with E-state index in [1.54, 1.807) is 6.21 Å². The van der Waals surface area contributed by atoms with Gasteiger partial charge in [0, 0.05) is 0 Å². The van der Waals surface area contributed by atoms with Crippen molar-refractivity contribution in [1.29, 1.82) is 0 Å². The van der Waals surface area contributed by atoms with Gasteiger partial charge in [-0.15, -0.1) is 5.10 Å². The van der Waals surface area contributed by atoms with Gasteiger partial charge in [-0.2, -0.15) is 5.10 Å². The summed E-state index contributed by atoms with van der Waals surface area (Å²) < 4.78 is 5.77. The monoisotopic (exact) mass is 397 g/mol. The van der Waals surface area contributed by atoms with Crippen LogP contribution in [0.1, 0.15) is 23.1 Å². The van der Waals surface area contributed by atoms with E-state index in [-0.39, 0.29) is 12.3 Å². The number of thioether (sulfide) groups is 1. The van der Waals surface area contributed by atoms with Crippen molar-refractivity contribution in [2.45, 2.75) is 25.2 Å². The van der Waals surface area contributed by atoms with Gasteiger partial charge in [0.1, 0.15) is 17.6 Å². The lowest BCUT2D eigenvalue weighted by Crippen LogP contribution is -2.26. The second-order valence-corrected chi connectivity index (χ2v) is 7.38. The fraction of sp³-hybridized carbons (Fsp3) is 0.200. The van der Waals surface area contributed by atoms with Crippen molar-refractivity contribution in [1.82, 2.24) is 5.32 Å². The van der Waals surface area contributed by atoms with Crippen LogP contribution >= 0.6 is 11.8 Å². The van der Waals surface area contributed by atoms with Crippen molar-refractivity contribution >= 4 is 35.0 Å². The zero-order chi connectivity index (χ0) is 19.9. The maximum Gasteiger partial charge on any atom is 0.305 e. The molecule has 144 valence electrons. The Kier molecular flexibility index (Phi) is 6.44. The van der Waals surface area contributed by atoms with E-state index in [1.165, 1.54) is 5.56 Å². The van der Waals surface area contributed by atoms with E-state index < -0.39 is 11.2 Å². The van der Waals surface area contributed by atoms with Gasteiger partial charge in [-0.1, -0.05) is 41.6 Å². The minimum atomic E-state index is -1.03. The standard InChI is InChI=1S/C20H19N3O4S/c1-13-3-2-4-15(9-13)12-27-16-7-5-14(6-8-16)11-21-23-20-22-19(26)17(28-20)10-18(24)25/h2-9,11,17H,10,12H2,1H3,(H,24,25)(H,22,23,26). The summed E-state index contributed by atoms with van der Waals surface area (Å²) in [4.78, 5) is 22.3. The molecule has 1 unspecified atom stereocenters. The summed E-state index contributed by atoms with van der Waals surface area (Å²) in [5, 5.41) is 18.8. The molecule has 3 rings (SSSR count). The first kappa shape index (κ1) is 19.6. The molecule has 1 fully saturated rings. The number of rotatable bonds is 7. The van der Waals surface area contributed by atoms with Gasteiger partial charge >= 0.3 is 5.97 Å². The number of amidine groups is 1. The van der Waals surface area contributed by atoms with Crippen LogP contribution in [0.3, 0.4) is 0 Å². The van der Waals surface area contributed by atoms with E-state index in [4.69, 9.17) is 9.84 Å². The molecule has 2 N–H and O–H groups in total. The highest BCUT2D eigenvalue weighted by Gasteiger charge is 2.32. The Hall–Kier alpha value is -3.13. The lowest BCUT2D eigenvalue weighted by atomic mass is 10.1. The largest absolute Gasteiger partial charge is 0.489 e. The van der Waals surface area contributed by atoms with E-state index in [2.05, 4.69) is 21.6 Å². The Morgan fingerprint density at radius 1 is 1.29 bits per heavy atom. The van der Waals surface area contributed by atoms with Crippen LogP contribution in [0.2, 0.25) is 0 Å². The topological polar surface area (TPSA) is 100 Å². The van der Waals surface area contributed by atoms with Crippen LogP contribution in [-0.4, -0.2) is 33.6 Å². The lowest BCUT2D eigenvalue weighted by molar-refractivity contribution is -0.138. The summed E-state index contributed by atoms with van der Waals surface area (Å²) in [6, 6.07) is 15.5. The maximum atomic E-state index is 11.6. The molecule has 0 radical (unpaired) electrons. The number of carbonyl (C=O) groups is 2. The van der Waals surface area contributed by atoms with Crippen molar-refractivity contribution in [2.75, 3.05) is 0 Å². The van der Waals surface area contributed by atoms with Gasteiger partial charge in [-0.25, -0.2) is 0 Å². The van der Waals surface area contributed by atoms with Crippen molar-refractivity contribution in [2.24, 2.45) is 10.2 Å². The van der Waals surface area contributed by atoms with E-state index in [0.29, 0.717) is 11.8 Å². The number of amides is 1. The molecule has 1 aliphatic heterocycles. The number of ether oxygens (including phenoxy) is 1. The number of nitrogens with zero attached hydrogens (tertiary/aromatic N) is 2. The van der Waals surface area contributed by atoms with Crippen molar-refractivity contribution in [3.63, 3.8) is 0 Å². The van der Waals surface area contributed by atoms with Crippen LogP contribution in [0.4, 0.5) is 0 Å². The first-order chi connectivity index (χ1) is 13.5. The summed E-state index contributed by atoms with van der Waals surface area (Å²) >= 11 is 1.06. The molecule has 1 saturated heterocycles. The first-order valence-corrected chi connectivity index (χ1v) is 9.46. The molecule has 0 bridgehead atoms. The lowest BCUT2D eigenvalue weighted by Gasteiger charge is -2.07. The molecule has 28 heavy (non-hydrogen) atoms. The number of benzene rings is 2. The van der Waals surface area contributed by atoms with E-state index in [1.807, 2.05) is 49.4 Å². The molecule has 2 aromatic carbocycles. The third-order valence-electron chi connectivity index (χ3n) is 3.86. The van der Waals surface area contributed by atoms with Crippen molar-refractivity contribution in [3.8, 4) is 5.75 Å². The molecule has 1 aliphatic rings. The zero-order valence-electron chi connectivity index (χ0n) is 15.2. The average Bonchev–Trinajstić information content (AvgIpc) is 3.00. The van der Waals surface area contributed by atoms with Gasteiger partial charge < -0.3 is 15.2 Å². The van der Waals surface area contributed by atoms with Gasteiger partial charge in [0.05, 0.1) is 12.6 Å². The number of hydrogen-bond donors (Lipinski definition) is 2. The number of aliphatic carboxylic acids is 1. The number of carboxylic acids is 1. The molecule has 1 atom stereocenters. The smallest absolute Gasteiger partial charge is 0.305 e. The van der Waals surface area contributed by atoms with Gasteiger partial charge in [0.25, 0.3) is 0 Å². The average molecular weight is 397 g/mol. The SMILES string of the molecule is Cc1cccc(COc2ccc(C=NN=C3NC(=O)C(CC(=O)O)S3)cc2)c1. The van der Waals surface area contributed by atoms with Gasteiger partial charge in [-0.3, -0.25) is 9.59 Å². The second kappa shape index (κ2) is 9.18. The molecule has 0 spiro atoms.